The van der Waals surface area contributed by atoms with Gasteiger partial charge < -0.3 is 10.2 Å². The molecular formula is C36H39Cl2N3O4S. The van der Waals surface area contributed by atoms with Crippen LogP contribution in [0.3, 0.4) is 0 Å². The number of aryl methyl sites for hydroxylation is 2. The topological polar surface area (TPSA) is 86.8 Å². The minimum Gasteiger partial charge on any atom is -0.352 e. The zero-order valence-corrected chi connectivity index (χ0v) is 28.7. The number of nitrogens with zero attached hydrogens (tertiary/aromatic N) is 2. The van der Waals surface area contributed by atoms with Gasteiger partial charge in [-0.2, -0.15) is 0 Å². The minimum atomic E-state index is -4.23. The molecule has 0 spiro atoms. The highest BCUT2D eigenvalue weighted by molar-refractivity contribution is 7.92. The standard InChI is InChI=1S/C36H39Cl2N3O4S/c1-5-27(4)39-36(43)34(21-28-10-7-6-8-11-28)40(23-29-12-9-13-30(37)20-29)35(42)24-41(31-17-16-26(3)33(38)22-31)46(44,45)32-18-14-25(2)15-19-32/h6-20,22,27,34H,5,21,23-24H2,1-4H3,(H,39,43)/t27-,34+/m1/s1. The molecule has 0 radical (unpaired) electrons. The Kier molecular flexibility index (Phi) is 11.9. The predicted molar refractivity (Wildman–Crippen MR) is 186 cm³/mol. The highest BCUT2D eigenvalue weighted by Crippen LogP contribution is 2.29. The van der Waals surface area contributed by atoms with Gasteiger partial charge in [-0.05, 0) is 80.3 Å². The number of hydrogen-bond donors (Lipinski definition) is 1. The quantitative estimate of drug-likeness (QED) is 0.160. The molecule has 0 fully saturated rings. The van der Waals surface area contributed by atoms with Gasteiger partial charge in [0.1, 0.15) is 12.6 Å². The summed E-state index contributed by atoms with van der Waals surface area (Å²) in [5.41, 5.74) is 3.43. The lowest BCUT2D eigenvalue weighted by molar-refractivity contribution is -0.140. The van der Waals surface area contributed by atoms with Gasteiger partial charge in [-0.15, -0.1) is 0 Å². The molecule has 0 saturated heterocycles. The molecular weight excluding hydrogens is 641 g/mol. The number of benzene rings is 4. The van der Waals surface area contributed by atoms with Crippen LogP contribution in [0.25, 0.3) is 0 Å². The van der Waals surface area contributed by atoms with E-state index in [1.54, 1.807) is 42.5 Å². The van der Waals surface area contributed by atoms with Crippen molar-refractivity contribution in [3.05, 3.63) is 129 Å². The molecule has 7 nitrogen and oxygen atoms in total. The number of halogens is 2. The molecule has 0 heterocycles. The average molecular weight is 681 g/mol. The van der Waals surface area contributed by atoms with Crippen molar-refractivity contribution in [2.75, 3.05) is 10.8 Å². The lowest BCUT2D eigenvalue weighted by Gasteiger charge is -2.34. The summed E-state index contributed by atoms with van der Waals surface area (Å²) in [5.74, 6) is -0.896. The first kappa shape index (κ1) is 35.0. The molecule has 10 heteroatoms. The van der Waals surface area contributed by atoms with Crippen molar-refractivity contribution in [1.29, 1.82) is 0 Å². The van der Waals surface area contributed by atoms with Gasteiger partial charge in [0.05, 0.1) is 10.6 Å². The molecule has 0 saturated carbocycles. The van der Waals surface area contributed by atoms with E-state index in [2.05, 4.69) is 5.32 Å². The molecule has 2 atom stereocenters. The second-order valence-corrected chi connectivity index (χ2v) is 14.1. The number of sulfonamides is 1. The minimum absolute atomic E-state index is 0.0257. The first-order valence-electron chi connectivity index (χ1n) is 15.1. The molecule has 242 valence electrons. The number of carbonyl (C=O) groups is 2. The highest BCUT2D eigenvalue weighted by atomic mass is 35.5. The van der Waals surface area contributed by atoms with Crippen molar-refractivity contribution in [2.24, 2.45) is 0 Å². The second-order valence-electron chi connectivity index (χ2n) is 11.4. The maximum Gasteiger partial charge on any atom is 0.264 e. The van der Waals surface area contributed by atoms with E-state index < -0.39 is 28.5 Å². The number of anilines is 1. The summed E-state index contributed by atoms with van der Waals surface area (Å²) < 4.78 is 29.4. The van der Waals surface area contributed by atoms with Crippen molar-refractivity contribution in [3.8, 4) is 0 Å². The molecule has 0 aliphatic heterocycles. The Hall–Kier alpha value is -3.85. The van der Waals surface area contributed by atoms with E-state index in [4.69, 9.17) is 23.2 Å². The van der Waals surface area contributed by atoms with E-state index in [0.29, 0.717) is 22.0 Å². The third-order valence-corrected chi connectivity index (χ3v) is 10.3. The third kappa shape index (κ3) is 8.90. The average Bonchev–Trinajstić information content (AvgIpc) is 3.03. The van der Waals surface area contributed by atoms with Crippen LogP contribution in [-0.4, -0.2) is 43.8 Å². The molecule has 0 bridgehead atoms. The fourth-order valence-electron chi connectivity index (χ4n) is 4.93. The van der Waals surface area contributed by atoms with Crippen molar-refractivity contribution in [1.82, 2.24) is 10.2 Å². The van der Waals surface area contributed by atoms with E-state index in [1.807, 2.05) is 64.1 Å². The smallest absolute Gasteiger partial charge is 0.264 e. The number of nitrogens with one attached hydrogen (secondary N) is 1. The molecule has 1 N–H and O–H groups in total. The highest BCUT2D eigenvalue weighted by Gasteiger charge is 2.35. The molecule has 0 aliphatic carbocycles. The van der Waals surface area contributed by atoms with Crippen LogP contribution in [0.1, 0.15) is 42.5 Å². The summed E-state index contributed by atoms with van der Waals surface area (Å²) in [5, 5.41) is 3.87. The van der Waals surface area contributed by atoms with Gasteiger partial charge in [0.15, 0.2) is 0 Å². The lowest BCUT2D eigenvalue weighted by Crippen LogP contribution is -2.54. The van der Waals surface area contributed by atoms with Crippen LogP contribution in [-0.2, 0) is 32.6 Å². The van der Waals surface area contributed by atoms with Crippen LogP contribution in [0, 0.1) is 13.8 Å². The molecule has 0 aliphatic rings. The van der Waals surface area contributed by atoms with Gasteiger partial charge in [0, 0.05) is 29.1 Å². The Bertz CT molecular complexity index is 1770. The SMILES string of the molecule is CC[C@@H](C)NC(=O)[C@H](Cc1ccccc1)N(Cc1cccc(Cl)c1)C(=O)CN(c1ccc(C)c(Cl)c1)S(=O)(=O)c1ccc(C)cc1. The number of carbonyl (C=O) groups excluding carboxylic acids is 2. The molecule has 0 unspecified atom stereocenters. The second kappa shape index (κ2) is 15.6. The zero-order chi connectivity index (χ0) is 33.4. The molecule has 4 rings (SSSR count). The van der Waals surface area contributed by atoms with Crippen LogP contribution in [0.15, 0.2) is 102 Å². The Morgan fingerprint density at radius 1 is 0.848 bits per heavy atom. The monoisotopic (exact) mass is 679 g/mol. The number of hydrogen-bond acceptors (Lipinski definition) is 4. The summed E-state index contributed by atoms with van der Waals surface area (Å²) in [6, 6.07) is 26.7. The normalized spacial score (nSPS) is 12.7. The maximum absolute atomic E-state index is 14.6. The maximum atomic E-state index is 14.6. The number of amides is 2. The van der Waals surface area contributed by atoms with Crippen LogP contribution < -0.4 is 9.62 Å². The van der Waals surface area contributed by atoms with E-state index in [1.165, 1.54) is 23.1 Å². The summed E-state index contributed by atoms with van der Waals surface area (Å²) in [4.78, 5) is 30.0. The third-order valence-electron chi connectivity index (χ3n) is 7.85. The van der Waals surface area contributed by atoms with Gasteiger partial charge >= 0.3 is 0 Å². The van der Waals surface area contributed by atoms with Crippen LogP contribution >= 0.6 is 23.2 Å². The Morgan fingerprint density at radius 3 is 2.15 bits per heavy atom. The fraction of sp³-hybridized carbons (Fsp3) is 0.278. The zero-order valence-electron chi connectivity index (χ0n) is 26.4. The van der Waals surface area contributed by atoms with E-state index in [0.717, 1.165) is 21.0 Å². The van der Waals surface area contributed by atoms with Crippen LogP contribution in [0.2, 0.25) is 10.0 Å². The van der Waals surface area contributed by atoms with Crippen molar-refractivity contribution in [3.63, 3.8) is 0 Å². The Balaban J connectivity index is 1.83. The summed E-state index contributed by atoms with van der Waals surface area (Å²) >= 11 is 12.8. The summed E-state index contributed by atoms with van der Waals surface area (Å²) in [6.45, 7) is 7.00. The van der Waals surface area contributed by atoms with Crippen molar-refractivity contribution < 1.29 is 18.0 Å². The van der Waals surface area contributed by atoms with Gasteiger partial charge in [0.25, 0.3) is 10.0 Å². The number of rotatable bonds is 13. The largest absolute Gasteiger partial charge is 0.352 e. The predicted octanol–water partition coefficient (Wildman–Crippen LogP) is 7.36. The Labute approximate surface area is 282 Å². The van der Waals surface area contributed by atoms with Gasteiger partial charge in [-0.25, -0.2) is 8.42 Å². The lowest BCUT2D eigenvalue weighted by atomic mass is 10.0. The van der Waals surface area contributed by atoms with Crippen molar-refractivity contribution in [2.45, 2.75) is 64.1 Å². The first-order chi connectivity index (χ1) is 21.9. The molecule has 0 aromatic heterocycles. The fourth-order valence-corrected chi connectivity index (χ4v) is 6.72. The van der Waals surface area contributed by atoms with E-state index in [-0.39, 0.29) is 35.5 Å². The molecule has 2 amide bonds. The van der Waals surface area contributed by atoms with Crippen LogP contribution in [0.5, 0.6) is 0 Å². The molecule has 46 heavy (non-hydrogen) atoms. The van der Waals surface area contributed by atoms with Gasteiger partial charge in [-0.3, -0.25) is 13.9 Å². The molecule has 4 aromatic carbocycles. The summed E-state index contributed by atoms with van der Waals surface area (Å²) in [7, 11) is -4.23. The first-order valence-corrected chi connectivity index (χ1v) is 17.3. The van der Waals surface area contributed by atoms with Crippen LogP contribution in [0.4, 0.5) is 5.69 Å². The van der Waals surface area contributed by atoms with E-state index in [9.17, 15) is 18.0 Å². The van der Waals surface area contributed by atoms with Gasteiger partial charge in [0.2, 0.25) is 11.8 Å². The molecule has 4 aromatic rings. The van der Waals surface area contributed by atoms with E-state index >= 15 is 0 Å². The summed E-state index contributed by atoms with van der Waals surface area (Å²) in [6.07, 6.45) is 0.916. The van der Waals surface area contributed by atoms with Crippen molar-refractivity contribution >= 4 is 50.7 Å². The van der Waals surface area contributed by atoms with Gasteiger partial charge in [-0.1, -0.05) is 96.4 Å². The Morgan fingerprint density at radius 2 is 1.52 bits per heavy atom.